The van der Waals surface area contributed by atoms with Crippen molar-refractivity contribution in [1.29, 1.82) is 0 Å². The number of aryl methyl sites for hydroxylation is 1. The molecule has 1 aliphatic heterocycles. The number of aromatic nitrogens is 1. The Kier molecular flexibility index (Phi) is 5.25. The number of aliphatic hydroxyl groups is 2. The molecule has 0 radical (unpaired) electrons. The van der Waals surface area contributed by atoms with Crippen molar-refractivity contribution < 1.29 is 15.0 Å². The van der Waals surface area contributed by atoms with Gasteiger partial charge in [-0.1, -0.05) is 24.3 Å². The Morgan fingerprint density at radius 3 is 2.75 bits per heavy atom. The van der Waals surface area contributed by atoms with Gasteiger partial charge in [-0.15, -0.1) is 11.3 Å². The quantitative estimate of drug-likeness (QED) is 0.647. The zero-order chi connectivity index (χ0) is 17.1. The molecule has 2 aromatic rings. The van der Waals surface area contributed by atoms with Crippen molar-refractivity contribution >= 4 is 17.2 Å². The molecule has 0 unspecified atom stereocenters. The maximum absolute atomic E-state index is 12.2. The minimum absolute atomic E-state index is 0.181. The third kappa shape index (κ3) is 3.64. The highest BCUT2D eigenvalue weighted by molar-refractivity contribution is 7.13. The van der Waals surface area contributed by atoms with Crippen LogP contribution < -0.4 is 10.6 Å². The van der Waals surface area contributed by atoms with E-state index in [4.69, 9.17) is 0 Å². The second kappa shape index (κ2) is 7.40. The van der Waals surface area contributed by atoms with Crippen LogP contribution in [-0.2, 0) is 4.79 Å². The van der Waals surface area contributed by atoms with Gasteiger partial charge in [-0.2, -0.15) is 0 Å². The van der Waals surface area contributed by atoms with Gasteiger partial charge in [0.15, 0.2) is 0 Å². The molecule has 1 fully saturated rings. The third-order valence-corrected chi connectivity index (χ3v) is 5.22. The smallest absolute Gasteiger partial charge is 0.237 e. The normalized spacial score (nSPS) is 21.6. The molecule has 1 saturated heterocycles. The molecule has 0 spiro atoms. The molecule has 24 heavy (non-hydrogen) atoms. The topological polar surface area (TPSA) is 94.5 Å². The average molecular weight is 347 g/mol. The van der Waals surface area contributed by atoms with Crippen LogP contribution >= 0.6 is 11.3 Å². The Labute approximate surface area is 144 Å². The van der Waals surface area contributed by atoms with E-state index in [0.717, 1.165) is 21.7 Å². The van der Waals surface area contributed by atoms with Crippen molar-refractivity contribution in [2.24, 2.45) is 0 Å². The highest BCUT2D eigenvalue weighted by atomic mass is 32.1. The Hall–Kier alpha value is -1.80. The summed E-state index contributed by atoms with van der Waals surface area (Å²) in [5.41, 5.74) is 4.72. The summed E-state index contributed by atoms with van der Waals surface area (Å²) in [6.07, 6.45) is -0.0941. The number of carbonyl (C=O) groups is 1. The summed E-state index contributed by atoms with van der Waals surface area (Å²) in [6, 6.07) is 6.89. The van der Waals surface area contributed by atoms with Gasteiger partial charge in [0.2, 0.25) is 5.91 Å². The summed E-state index contributed by atoms with van der Waals surface area (Å²) >= 11 is 1.59. The second-order valence-electron chi connectivity index (χ2n) is 5.98. The zero-order valence-electron chi connectivity index (χ0n) is 13.4. The summed E-state index contributed by atoms with van der Waals surface area (Å²) in [6.45, 7) is 2.21. The van der Waals surface area contributed by atoms with Gasteiger partial charge < -0.3 is 20.8 Å². The predicted octanol–water partition coefficient (Wildman–Crippen LogP) is 0.991. The number of amides is 1. The van der Waals surface area contributed by atoms with Crippen LogP contribution in [0.4, 0.5) is 0 Å². The van der Waals surface area contributed by atoms with E-state index in [1.54, 1.807) is 11.3 Å². The number of aliphatic hydroxyl groups excluding tert-OH is 2. The van der Waals surface area contributed by atoms with Crippen molar-refractivity contribution in [2.75, 3.05) is 13.2 Å². The van der Waals surface area contributed by atoms with Crippen LogP contribution in [-0.4, -0.2) is 46.4 Å². The minimum atomic E-state index is -0.491. The Morgan fingerprint density at radius 1 is 1.46 bits per heavy atom. The number of nitrogens with zero attached hydrogens (tertiary/aromatic N) is 1. The van der Waals surface area contributed by atoms with Crippen LogP contribution in [0.25, 0.3) is 10.4 Å². The lowest BCUT2D eigenvalue weighted by atomic mass is 10.0. The lowest BCUT2D eigenvalue weighted by Gasteiger charge is -2.19. The van der Waals surface area contributed by atoms with E-state index in [1.165, 1.54) is 0 Å². The number of rotatable bonds is 5. The standard InChI is InChI=1S/C17H21N3O3S/c1-10-16(24-9-19-10)12-4-2-11(3-5-12)15(8-21)20-17(23)14-6-13(22)7-18-14/h2-5,9,13-15,18,21-22H,6-8H2,1H3,(H,20,23)/t13-,14-,15-/m0/s1. The second-order valence-corrected chi connectivity index (χ2v) is 6.84. The number of nitrogens with one attached hydrogen (secondary N) is 2. The van der Waals surface area contributed by atoms with Crippen LogP contribution in [0, 0.1) is 6.92 Å². The molecule has 4 N–H and O–H groups in total. The molecular weight excluding hydrogens is 326 g/mol. The van der Waals surface area contributed by atoms with Gasteiger partial charge >= 0.3 is 0 Å². The van der Waals surface area contributed by atoms with Gasteiger partial charge in [0.1, 0.15) is 0 Å². The van der Waals surface area contributed by atoms with Gasteiger partial charge in [0.05, 0.1) is 40.9 Å². The fourth-order valence-electron chi connectivity index (χ4n) is 2.87. The molecule has 6 nitrogen and oxygen atoms in total. The van der Waals surface area contributed by atoms with E-state index in [-0.39, 0.29) is 12.5 Å². The van der Waals surface area contributed by atoms with E-state index >= 15 is 0 Å². The monoisotopic (exact) mass is 347 g/mol. The molecule has 7 heteroatoms. The number of hydrogen-bond acceptors (Lipinski definition) is 6. The molecule has 0 saturated carbocycles. The zero-order valence-corrected chi connectivity index (χ0v) is 14.2. The first-order chi connectivity index (χ1) is 11.6. The van der Waals surface area contributed by atoms with E-state index in [0.29, 0.717) is 13.0 Å². The number of hydrogen-bond donors (Lipinski definition) is 4. The summed E-state index contributed by atoms with van der Waals surface area (Å²) in [5, 5.41) is 24.9. The van der Waals surface area contributed by atoms with E-state index in [2.05, 4.69) is 15.6 Å². The molecule has 1 aromatic carbocycles. The van der Waals surface area contributed by atoms with Gasteiger partial charge in [0, 0.05) is 6.54 Å². The van der Waals surface area contributed by atoms with Crippen LogP contribution in [0.1, 0.15) is 23.7 Å². The first kappa shape index (κ1) is 17.0. The minimum Gasteiger partial charge on any atom is -0.394 e. The number of carbonyl (C=O) groups excluding carboxylic acids is 1. The van der Waals surface area contributed by atoms with E-state index < -0.39 is 18.2 Å². The molecule has 3 atom stereocenters. The molecule has 1 aliphatic rings. The van der Waals surface area contributed by atoms with Crippen LogP contribution in [0.15, 0.2) is 29.8 Å². The Balaban J connectivity index is 1.69. The fourth-order valence-corrected chi connectivity index (χ4v) is 3.68. The summed E-state index contributed by atoms with van der Waals surface area (Å²) < 4.78 is 0. The summed E-state index contributed by atoms with van der Waals surface area (Å²) in [7, 11) is 0. The van der Waals surface area contributed by atoms with Crippen molar-refractivity contribution in [2.45, 2.75) is 31.5 Å². The van der Waals surface area contributed by atoms with Crippen LogP contribution in [0.5, 0.6) is 0 Å². The Morgan fingerprint density at radius 2 is 2.21 bits per heavy atom. The number of thiazole rings is 1. The van der Waals surface area contributed by atoms with Gasteiger partial charge in [-0.25, -0.2) is 4.98 Å². The molecule has 0 aliphatic carbocycles. The Bertz CT molecular complexity index is 701. The highest BCUT2D eigenvalue weighted by Gasteiger charge is 2.29. The van der Waals surface area contributed by atoms with Crippen LogP contribution in [0.3, 0.4) is 0 Å². The van der Waals surface area contributed by atoms with Gasteiger partial charge in [-0.05, 0) is 24.5 Å². The lowest BCUT2D eigenvalue weighted by molar-refractivity contribution is -0.124. The fraction of sp³-hybridized carbons (Fsp3) is 0.412. The van der Waals surface area contributed by atoms with Gasteiger partial charge in [0.25, 0.3) is 0 Å². The predicted molar refractivity (Wildman–Crippen MR) is 92.7 cm³/mol. The number of β-amino-alcohol motifs (C(OH)–C–C–N with tert-alkyl or cyclic N) is 1. The van der Waals surface area contributed by atoms with Crippen molar-refractivity contribution in [3.05, 3.63) is 41.0 Å². The summed E-state index contributed by atoms with van der Waals surface area (Å²) in [5.74, 6) is -0.201. The molecule has 1 amide bonds. The van der Waals surface area contributed by atoms with Crippen molar-refractivity contribution in [1.82, 2.24) is 15.6 Å². The largest absolute Gasteiger partial charge is 0.394 e. The SMILES string of the molecule is Cc1ncsc1-c1ccc([C@H](CO)NC(=O)[C@@H]2C[C@H](O)CN2)cc1. The van der Waals surface area contributed by atoms with Crippen molar-refractivity contribution in [3.8, 4) is 10.4 Å². The average Bonchev–Trinajstić information content (AvgIpc) is 3.21. The maximum atomic E-state index is 12.2. The maximum Gasteiger partial charge on any atom is 0.237 e. The molecular formula is C17H21N3O3S. The lowest BCUT2D eigenvalue weighted by Crippen LogP contribution is -2.42. The van der Waals surface area contributed by atoms with Crippen LogP contribution in [0.2, 0.25) is 0 Å². The molecule has 1 aromatic heterocycles. The van der Waals surface area contributed by atoms with Gasteiger partial charge in [-0.3, -0.25) is 4.79 Å². The molecule has 0 bridgehead atoms. The van der Waals surface area contributed by atoms with E-state index in [9.17, 15) is 15.0 Å². The van der Waals surface area contributed by atoms with Crippen molar-refractivity contribution in [3.63, 3.8) is 0 Å². The first-order valence-corrected chi connectivity index (χ1v) is 8.79. The highest BCUT2D eigenvalue weighted by Crippen LogP contribution is 2.28. The summed E-state index contributed by atoms with van der Waals surface area (Å²) in [4.78, 5) is 17.6. The first-order valence-electron chi connectivity index (χ1n) is 7.91. The number of benzene rings is 1. The third-order valence-electron chi connectivity index (χ3n) is 4.24. The molecule has 3 rings (SSSR count). The van der Waals surface area contributed by atoms with E-state index in [1.807, 2.05) is 36.7 Å². The molecule has 2 heterocycles. The molecule has 128 valence electrons.